The summed E-state index contributed by atoms with van der Waals surface area (Å²) in [7, 11) is 4.01. The van der Waals surface area contributed by atoms with Crippen molar-refractivity contribution in [2.24, 2.45) is 0 Å². The number of carbonyl (C=O) groups excluding carboxylic acids is 1. The molecule has 0 saturated carbocycles. The van der Waals surface area contributed by atoms with Gasteiger partial charge in [-0.2, -0.15) is 0 Å². The summed E-state index contributed by atoms with van der Waals surface area (Å²) in [5.41, 5.74) is 4.93. The van der Waals surface area contributed by atoms with Crippen LogP contribution in [-0.4, -0.2) is 39.8 Å². The number of hydrogen-bond acceptors (Lipinski definition) is 6. The summed E-state index contributed by atoms with van der Waals surface area (Å²) in [4.78, 5) is 18.2. The van der Waals surface area contributed by atoms with Gasteiger partial charge in [-0.15, -0.1) is 5.10 Å². The second-order valence-corrected chi connectivity index (χ2v) is 8.29. The maximum atomic E-state index is 11.7. The summed E-state index contributed by atoms with van der Waals surface area (Å²) < 4.78 is 2.11. The van der Waals surface area contributed by atoms with Crippen LogP contribution in [0, 0.1) is 13.8 Å². The molecule has 0 radical (unpaired) electrons. The van der Waals surface area contributed by atoms with Crippen LogP contribution in [0.5, 0.6) is 0 Å². The highest BCUT2D eigenvalue weighted by Crippen LogP contribution is 2.29. The van der Waals surface area contributed by atoms with Gasteiger partial charge in [-0.05, 0) is 74.0 Å². The molecule has 3 rings (SSSR count). The summed E-state index contributed by atoms with van der Waals surface area (Å²) in [6, 6.07) is 10.2. The Morgan fingerprint density at radius 1 is 1.27 bits per heavy atom. The average molecular weight is 425 g/mol. The number of H-pyrrole nitrogens is 1. The van der Waals surface area contributed by atoms with Crippen molar-refractivity contribution in [3.05, 3.63) is 58.0 Å². The molecular weight excluding hydrogens is 398 g/mol. The van der Waals surface area contributed by atoms with Gasteiger partial charge in [0.1, 0.15) is 5.82 Å². The number of nitrogens with one attached hydrogen (secondary N) is 1. The fraction of sp³-hybridized carbons (Fsp3) is 0.318. The van der Waals surface area contributed by atoms with E-state index in [0.29, 0.717) is 5.16 Å². The van der Waals surface area contributed by atoms with E-state index in [1.807, 2.05) is 45.8 Å². The van der Waals surface area contributed by atoms with Gasteiger partial charge >= 0.3 is 0 Å². The van der Waals surface area contributed by atoms with Gasteiger partial charge in [0, 0.05) is 48.2 Å². The Balaban J connectivity index is 1.92. The highest BCUT2D eigenvalue weighted by Gasteiger charge is 2.13. The first kappa shape index (κ1) is 21.7. The van der Waals surface area contributed by atoms with E-state index in [0.717, 1.165) is 58.8 Å². The highest BCUT2D eigenvalue weighted by molar-refractivity contribution is 8.04. The molecule has 1 aromatic carbocycles. The number of carboxylic acid groups (broad SMARTS) is 1. The molecule has 1 N–H and O–H groups in total. The van der Waals surface area contributed by atoms with Crippen LogP contribution in [0.25, 0.3) is 11.8 Å². The minimum atomic E-state index is -1.25. The van der Waals surface area contributed by atoms with Crippen LogP contribution in [-0.2, 0) is 11.2 Å². The van der Waals surface area contributed by atoms with Gasteiger partial charge in [0.05, 0.1) is 5.97 Å². The molecule has 0 fully saturated rings. The van der Waals surface area contributed by atoms with E-state index in [9.17, 15) is 9.90 Å². The van der Waals surface area contributed by atoms with E-state index in [1.165, 1.54) is 0 Å². The van der Waals surface area contributed by atoms with Crippen molar-refractivity contribution >= 4 is 29.5 Å². The maximum Gasteiger partial charge on any atom is 0.213 e. The van der Waals surface area contributed by atoms with Crippen molar-refractivity contribution in [2.45, 2.75) is 38.8 Å². The number of carboxylic acids is 1. The van der Waals surface area contributed by atoms with Crippen molar-refractivity contribution in [1.29, 1.82) is 0 Å². The predicted octanol–water partition coefficient (Wildman–Crippen LogP) is 3.11. The quantitative estimate of drug-likeness (QED) is 0.441. The highest BCUT2D eigenvalue weighted by atomic mass is 32.2. The van der Waals surface area contributed by atoms with Gasteiger partial charge in [0.25, 0.3) is 0 Å². The number of carbonyl (C=O) groups is 1. The summed E-state index contributed by atoms with van der Waals surface area (Å²) >= 11 is 0.994. The number of rotatable bonds is 8. The number of aromatic nitrogens is 4. The topological polar surface area (TPSA) is 89.9 Å². The van der Waals surface area contributed by atoms with E-state index in [-0.39, 0.29) is 4.91 Å². The Hall–Kier alpha value is -3.00. The Bertz CT molecular complexity index is 1060. The smallest absolute Gasteiger partial charge is 0.213 e. The maximum absolute atomic E-state index is 11.7. The van der Waals surface area contributed by atoms with Crippen molar-refractivity contribution in [2.75, 3.05) is 19.0 Å². The molecule has 0 atom stereocenters. The number of aryl methyl sites for hydroxylation is 2. The molecule has 0 saturated heterocycles. The van der Waals surface area contributed by atoms with E-state index in [4.69, 9.17) is 0 Å². The Morgan fingerprint density at radius 2 is 1.97 bits per heavy atom. The van der Waals surface area contributed by atoms with Crippen LogP contribution in [0.2, 0.25) is 0 Å². The summed E-state index contributed by atoms with van der Waals surface area (Å²) in [5.74, 6) is -0.501. The number of hydrogen-bond donors (Lipinski definition) is 1. The van der Waals surface area contributed by atoms with Gasteiger partial charge < -0.3 is 19.4 Å². The molecule has 0 unspecified atom stereocenters. The first-order valence-corrected chi connectivity index (χ1v) is 10.6. The molecule has 2 aromatic heterocycles. The predicted molar refractivity (Wildman–Crippen MR) is 119 cm³/mol. The first-order chi connectivity index (χ1) is 14.3. The largest absolute Gasteiger partial charge is 0.544 e. The molecule has 30 heavy (non-hydrogen) atoms. The van der Waals surface area contributed by atoms with E-state index in [1.54, 1.807) is 6.08 Å². The lowest BCUT2D eigenvalue weighted by Gasteiger charge is -2.15. The van der Waals surface area contributed by atoms with Crippen LogP contribution in [0.15, 0.2) is 40.4 Å². The molecule has 8 heteroatoms. The Morgan fingerprint density at radius 3 is 2.57 bits per heavy atom. The number of thioether (sulfide) groups is 1. The molecule has 0 spiro atoms. The molecule has 7 nitrogen and oxygen atoms in total. The molecule has 0 aliphatic carbocycles. The van der Waals surface area contributed by atoms with Gasteiger partial charge in [-0.1, -0.05) is 6.92 Å². The number of aromatic amines is 1. The van der Waals surface area contributed by atoms with E-state index >= 15 is 0 Å². The van der Waals surface area contributed by atoms with Crippen molar-refractivity contribution in [3.8, 4) is 5.69 Å². The summed E-state index contributed by atoms with van der Waals surface area (Å²) in [5, 5.41) is 19.1. The number of anilines is 1. The van der Waals surface area contributed by atoms with E-state index < -0.39 is 5.97 Å². The third kappa shape index (κ3) is 4.76. The molecule has 0 aliphatic heterocycles. The Labute approximate surface area is 180 Å². The van der Waals surface area contributed by atoms with Crippen molar-refractivity contribution < 1.29 is 9.90 Å². The van der Waals surface area contributed by atoms with Gasteiger partial charge in [0.2, 0.25) is 5.16 Å². The lowest BCUT2D eigenvalue weighted by molar-refractivity contribution is -0.297. The standard InChI is InChI=1S/C22H27N5O2S/c1-6-7-20-23-22(25-24-20)30-19(21(28)29)13-16-12-14(2)27(15(16)3)18-10-8-17(9-11-18)26(4)5/h8-13H,6-7H2,1-5H3,(H,28,29)(H,23,24,25)/p-1/b19-13+. The first-order valence-electron chi connectivity index (χ1n) is 9.79. The zero-order chi connectivity index (χ0) is 21.8. The number of nitrogens with zero attached hydrogens (tertiary/aromatic N) is 4. The Kier molecular flexibility index (Phi) is 6.66. The van der Waals surface area contributed by atoms with E-state index in [2.05, 4.69) is 44.0 Å². The lowest BCUT2D eigenvalue weighted by Crippen LogP contribution is -2.23. The molecule has 0 bridgehead atoms. The monoisotopic (exact) mass is 424 g/mol. The zero-order valence-electron chi connectivity index (χ0n) is 17.9. The second-order valence-electron chi connectivity index (χ2n) is 7.29. The summed E-state index contributed by atoms with van der Waals surface area (Å²) in [6.45, 7) is 6.02. The third-order valence-corrected chi connectivity index (χ3v) is 5.65. The molecule has 3 aromatic rings. The second kappa shape index (κ2) is 9.21. The summed E-state index contributed by atoms with van der Waals surface area (Å²) in [6.07, 6.45) is 3.33. The van der Waals surface area contributed by atoms with Crippen LogP contribution in [0.1, 0.15) is 36.1 Å². The fourth-order valence-electron chi connectivity index (χ4n) is 3.27. The van der Waals surface area contributed by atoms with Gasteiger partial charge in [-0.25, -0.2) is 4.98 Å². The zero-order valence-corrected chi connectivity index (χ0v) is 18.7. The lowest BCUT2D eigenvalue weighted by atomic mass is 10.2. The van der Waals surface area contributed by atoms with Gasteiger partial charge in [-0.3, -0.25) is 5.10 Å². The SMILES string of the molecule is CCCc1nc(S/C(=C/c2cc(C)n(-c3ccc(N(C)C)cc3)c2C)C(=O)[O-])n[nH]1. The van der Waals surface area contributed by atoms with Crippen molar-refractivity contribution in [1.82, 2.24) is 19.7 Å². The van der Waals surface area contributed by atoms with Crippen LogP contribution >= 0.6 is 11.8 Å². The normalized spacial score (nSPS) is 11.7. The van der Waals surface area contributed by atoms with Crippen LogP contribution < -0.4 is 10.0 Å². The van der Waals surface area contributed by atoms with Crippen LogP contribution in [0.4, 0.5) is 5.69 Å². The van der Waals surface area contributed by atoms with Gasteiger partial charge in [0.15, 0.2) is 0 Å². The molecule has 0 amide bonds. The minimum Gasteiger partial charge on any atom is -0.544 e. The molecular formula is C22H26N5O2S-. The van der Waals surface area contributed by atoms with Crippen LogP contribution in [0.3, 0.4) is 0 Å². The average Bonchev–Trinajstić information content (AvgIpc) is 3.25. The number of benzene rings is 1. The minimum absolute atomic E-state index is 0.0697. The third-order valence-electron chi connectivity index (χ3n) is 4.78. The molecule has 158 valence electrons. The van der Waals surface area contributed by atoms with Crippen molar-refractivity contribution in [3.63, 3.8) is 0 Å². The molecule has 0 aliphatic rings. The fourth-order valence-corrected chi connectivity index (χ4v) is 3.99. The number of aliphatic carboxylic acids is 1. The molecule has 2 heterocycles.